The molecule has 0 radical (unpaired) electrons. The Bertz CT molecular complexity index is 328. The molecule has 1 rings (SSSR count). The van der Waals surface area contributed by atoms with Crippen LogP contribution in [-0.4, -0.2) is 28.6 Å². The number of halogens is 1. The van der Waals surface area contributed by atoms with E-state index in [4.69, 9.17) is 5.11 Å². The molecule has 0 aliphatic carbocycles. The van der Waals surface area contributed by atoms with Crippen molar-refractivity contribution in [3.63, 3.8) is 0 Å². The molecule has 1 amide bonds. The second kappa shape index (κ2) is 4.66. The largest absolute Gasteiger partial charge is 0.392 e. The van der Waals surface area contributed by atoms with Crippen LogP contribution in [0.1, 0.15) is 17.4 Å². The topological polar surface area (TPSA) is 62.2 Å². The number of aromatic nitrogens is 1. The SMILES string of the molecule is C[C@H](O)CNC(=O)c1cccc(F)n1. The van der Waals surface area contributed by atoms with Crippen LogP contribution in [0, 0.1) is 5.95 Å². The highest BCUT2D eigenvalue weighted by molar-refractivity contribution is 5.92. The van der Waals surface area contributed by atoms with Gasteiger partial charge >= 0.3 is 0 Å². The molecule has 4 nitrogen and oxygen atoms in total. The monoisotopic (exact) mass is 198 g/mol. The van der Waals surface area contributed by atoms with Crippen molar-refractivity contribution in [1.29, 1.82) is 0 Å². The number of pyridine rings is 1. The smallest absolute Gasteiger partial charge is 0.270 e. The van der Waals surface area contributed by atoms with E-state index in [1.54, 1.807) is 6.92 Å². The van der Waals surface area contributed by atoms with Gasteiger partial charge < -0.3 is 10.4 Å². The zero-order chi connectivity index (χ0) is 10.6. The van der Waals surface area contributed by atoms with Gasteiger partial charge in [0, 0.05) is 6.54 Å². The van der Waals surface area contributed by atoms with Crippen molar-refractivity contribution in [2.75, 3.05) is 6.54 Å². The summed E-state index contributed by atoms with van der Waals surface area (Å²) < 4.78 is 12.6. The third-order valence-corrected chi connectivity index (χ3v) is 1.51. The summed E-state index contributed by atoms with van der Waals surface area (Å²) in [5.74, 6) is -1.19. The minimum Gasteiger partial charge on any atom is -0.392 e. The Morgan fingerprint density at radius 3 is 3.00 bits per heavy atom. The summed E-state index contributed by atoms with van der Waals surface area (Å²) in [6.45, 7) is 1.66. The van der Waals surface area contributed by atoms with Crippen molar-refractivity contribution in [1.82, 2.24) is 10.3 Å². The van der Waals surface area contributed by atoms with E-state index in [9.17, 15) is 9.18 Å². The minimum absolute atomic E-state index is 0.00523. The Hall–Kier alpha value is -1.49. The first-order chi connectivity index (χ1) is 6.59. The summed E-state index contributed by atoms with van der Waals surface area (Å²) >= 11 is 0. The van der Waals surface area contributed by atoms with Crippen LogP contribution < -0.4 is 5.32 Å². The first-order valence-corrected chi connectivity index (χ1v) is 4.18. The van der Waals surface area contributed by atoms with Crippen LogP contribution in [-0.2, 0) is 0 Å². The zero-order valence-corrected chi connectivity index (χ0v) is 7.70. The molecule has 2 N–H and O–H groups in total. The van der Waals surface area contributed by atoms with Gasteiger partial charge in [0.2, 0.25) is 5.95 Å². The number of hydrogen-bond donors (Lipinski definition) is 2. The van der Waals surface area contributed by atoms with Gasteiger partial charge in [-0.1, -0.05) is 6.07 Å². The van der Waals surface area contributed by atoms with E-state index in [-0.39, 0.29) is 12.2 Å². The maximum absolute atomic E-state index is 12.6. The number of aliphatic hydroxyl groups is 1. The van der Waals surface area contributed by atoms with Crippen molar-refractivity contribution in [3.8, 4) is 0 Å². The van der Waals surface area contributed by atoms with E-state index < -0.39 is 18.0 Å². The Morgan fingerprint density at radius 1 is 1.71 bits per heavy atom. The van der Waals surface area contributed by atoms with E-state index in [0.29, 0.717) is 0 Å². The van der Waals surface area contributed by atoms with Crippen LogP contribution >= 0.6 is 0 Å². The molecule has 0 aliphatic rings. The second-order valence-corrected chi connectivity index (χ2v) is 2.90. The third-order valence-electron chi connectivity index (χ3n) is 1.51. The number of rotatable bonds is 3. The molecule has 0 bridgehead atoms. The van der Waals surface area contributed by atoms with Crippen molar-refractivity contribution in [2.24, 2.45) is 0 Å². The number of nitrogens with one attached hydrogen (secondary N) is 1. The van der Waals surface area contributed by atoms with Crippen LogP contribution in [0.5, 0.6) is 0 Å². The number of amides is 1. The van der Waals surface area contributed by atoms with E-state index in [2.05, 4.69) is 10.3 Å². The maximum atomic E-state index is 12.6. The van der Waals surface area contributed by atoms with Crippen LogP contribution in [0.2, 0.25) is 0 Å². The van der Waals surface area contributed by atoms with Crippen LogP contribution in [0.3, 0.4) is 0 Å². The minimum atomic E-state index is -0.699. The molecular weight excluding hydrogens is 187 g/mol. The molecule has 0 saturated carbocycles. The van der Waals surface area contributed by atoms with Gasteiger partial charge in [0.1, 0.15) is 5.69 Å². The van der Waals surface area contributed by atoms with Crippen LogP contribution in [0.15, 0.2) is 18.2 Å². The Kier molecular flexibility index (Phi) is 3.53. The number of carbonyl (C=O) groups is 1. The number of aliphatic hydroxyl groups excluding tert-OH is 1. The van der Waals surface area contributed by atoms with Gasteiger partial charge in [-0.25, -0.2) is 4.98 Å². The van der Waals surface area contributed by atoms with E-state index >= 15 is 0 Å². The molecule has 0 aliphatic heterocycles. The highest BCUT2D eigenvalue weighted by Gasteiger charge is 2.07. The lowest BCUT2D eigenvalue weighted by Crippen LogP contribution is -2.31. The van der Waals surface area contributed by atoms with Gasteiger partial charge in [-0.2, -0.15) is 4.39 Å². The maximum Gasteiger partial charge on any atom is 0.270 e. The van der Waals surface area contributed by atoms with Crippen molar-refractivity contribution in [3.05, 3.63) is 29.8 Å². The van der Waals surface area contributed by atoms with Crippen LogP contribution in [0.25, 0.3) is 0 Å². The summed E-state index contributed by atoms with van der Waals surface area (Å²) in [5.41, 5.74) is 0.00523. The molecule has 76 valence electrons. The fourth-order valence-corrected chi connectivity index (χ4v) is 0.866. The first-order valence-electron chi connectivity index (χ1n) is 4.18. The van der Waals surface area contributed by atoms with E-state index in [1.165, 1.54) is 12.1 Å². The number of hydrogen-bond acceptors (Lipinski definition) is 3. The lowest BCUT2D eigenvalue weighted by atomic mass is 10.3. The fourth-order valence-electron chi connectivity index (χ4n) is 0.866. The summed E-state index contributed by atoms with van der Waals surface area (Å²) in [5, 5.41) is 11.3. The molecule has 0 spiro atoms. The Labute approximate surface area is 80.8 Å². The molecule has 5 heteroatoms. The Morgan fingerprint density at radius 2 is 2.43 bits per heavy atom. The molecule has 1 heterocycles. The normalized spacial score (nSPS) is 12.2. The quantitative estimate of drug-likeness (QED) is 0.688. The first kappa shape index (κ1) is 10.6. The molecule has 0 fully saturated rings. The summed E-state index contributed by atoms with van der Waals surface area (Å²) in [7, 11) is 0. The molecule has 0 aromatic carbocycles. The number of carbonyl (C=O) groups excluding carboxylic acids is 1. The van der Waals surface area contributed by atoms with E-state index in [0.717, 1.165) is 6.07 Å². The van der Waals surface area contributed by atoms with Gasteiger partial charge in [-0.05, 0) is 19.1 Å². The van der Waals surface area contributed by atoms with Gasteiger partial charge in [0.15, 0.2) is 0 Å². The highest BCUT2D eigenvalue weighted by atomic mass is 19.1. The Balaban J connectivity index is 2.61. The van der Waals surface area contributed by atoms with Crippen molar-refractivity contribution < 1.29 is 14.3 Å². The summed E-state index contributed by atoms with van der Waals surface area (Å²) in [6, 6.07) is 3.96. The van der Waals surface area contributed by atoms with Crippen molar-refractivity contribution in [2.45, 2.75) is 13.0 Å². The van der Waals surface area contributed by atoms with Gasteiger partial charge in [0.25, 0.3) is 5.91 Å². The highest BCUT2D eigenvalue weighted by Crippen LogP contribution is 1.97. The van der Waals surface area contributed by atoms with Gasteiger partial charge in [0.05, 0.1) is 6.10 Å². The lowest BCUT2D eigenvalue weighted by molar-refractivity contribution is 0.0918. The standard InChI is InChI=1S/C9H11FN2O2/c1-6(13)5-11-9(14)7-3-2-4-8(10)12-7/h2-4,6,13H,5H2,1H3,(H,11,14)/t6-/m0/s1. The predicted molar refractivity (Wildman–Crippen MR) is 48.2 cm³/mol. The van der Waals surface area contributed by atoms with E-state index in [1.807, 2.05) is 0 Å². The fraction of sp³-hybridized carbons (Fsp3) is 0.333. The second-order valence-electron chi connectivity index (χ2n) is 2.90. The zero-order valence-electron chi connectivity index (χ0n) is 7.70. The molecule has 1 aromatic heterocycles. The third kappa shape index (κ3) is 3.10. The number of nitrogens with zero attached hydrogens (tertiary/aromatic N) is 1. The van der Waals surface area contributed by atoms with Crippen molar-refractivity contribution >= 4 is 5.91 Å². The van der Waals surface area contributed by atoms with Gasteiger partial charge in [-0.15, -0.1) is 0 Å². The molecule has 0 unspecified atom stereocenters. The average molecular weight is 198 g/mol. The predicted octanol–water partition coefficient (Wildman–Crippen LogP) is 0.331. The lowest BCUT2D eigenvalue weighted by Gasteiger charge is -2.05. The molecular formula is C9H11FN2O2. The molecule has 14 heavy (non-hydrogen) atoms. The molecule has 0 saturated heterocycles. The molecule has 1 aromatic rings. The average Bonchev–Trinajstić information content (AvgIpc) is 2.14. The molecule has 1 atom stereocenters. The summed E-state index contributed by atoms with van der Waals surface area (Å²) in [4.78, 5) is 14.6. The summed E-state index contributed by atoms with van der Waals surface area (Å²) in [6.07, 6.45) is -0.632. The van der Waals surface area contributed by atoms with Crippen LogP contribution in [0.4, 0.5) is 4.39 Å². The van der Waals surface area contributed by atoms with Gasteiger partial charge in [-0.3, -0.25) is 4.79 Å².